The number of hydrogen-bond acceptors (Lipinski definition) is 2. The van der Waals surface area contributed by atoms with E-state index in [2.05, 4.69) is 0 Å². The van der Waals surface area contributed by atoms with E-state index in [0.717, 1.165) is 37.8 Å². The van der Waals surface area contributed by atoms with Gasteiger partial charge in [0.25, 0.3) is 0 Å². The average molecular weight is 253 g/mol. The van der Waals surface area contributed by atoms with Gasteiger partial charge in [-0.3, -0.25) is 4.79 Å². The molecule has 1 saturated carbocycles. The molecule has 1 aromatic carbocycles. The summed E-state index contributed by atoms with van der Waals surface area (Å²) in [4.78, 5) is 12.0. The van der Waals surface area contributed by atoms with Crippen LogP contribution in [-0.4, -0.2) is 11.8 Å². The Hall–Kier alpha value is -1.29. The minimum absolute atomic E-state index is 0.0258. The number of carbonyl (C=O) groups is 1. The monoisotopic (exact) mass is 253 g/mol. The van der Waals surface area contributed by atoms with Crippen molar-refractivity contribution in [3.8, 4) is 0 Å². The van der Waals surface area contributed by atoms with Gasteiger partial charge in [-0.05, 0) is 43.4 Å². The van der Waals surface area contributed by atoms with Crippen LogP contribution in [0.15, 0.2) is 18.2 Å². The first-order chi connectivity index (χ1) is 8.56. The van der Waals surface area contributed by atoms with E-state index in [9.17, 15) is 13.6 Å². The third-order valence-electron chi connectivity index (χ3n) is 3.59. The summed E-state index contributed by atoms with van der Waals surface area (Å²) in [6.45, 7) is 0. The number of nitrogens with two attached hydrogens (primary N) is 1. The van der Waals surface area contributed by atoms with E-state index in [1.165, 1.54) is 6.07 Å². The summed E-state index contributed by atoms with van der Waals surface area (Å²) < 4.78 is 25.8. The van der Waals surface area contributed by atoms with E-state index in [1.807, 2.05) is 0 Å². The van der Waals surface area contributed by atoms with Gasteiger partial charge in [-0.1, -0.05) is 6.07 Å². The topological polar surface area (TPSA) is 43.1 Å². The Morgan fingerprint density at radius 2 is 1.83 bits per heavy atom. The van der Waals surface area contributed by atoms with Gasteiger partial charge in [0, 0.05) is 18.4 Å². The first-order valence-electron chi connectivity index (χ1n) is 6.28. The van der Waals surface area contributed by atoms with E-state index >= 15 is 0 Å². The van der Waals surface area contributed by atoms with Crippen LogP contribution < -0.4 is 5.73 Å². The molecule has 0 aliphatic heterocycles. The van der Waals surface area contributed by atoms with E-state index in [0.29, 0.717) is 5.56 Å². The second-order valence-corrected chi connectivity index (χ2v) is 5.00. The largest absolute Gasteiger partial charge is 0.328 e. The minimum atomic E-state index is -0.897. The predicted molar refractivity (Wildman–Crippen MR) is 65.0 cm³/mol. The second-order valence-electron chi connectivity index (χ2n) is 5.00. The van der Waals surface area contributed by atoms with Crippen LogP contribution in [0, 0.1) is 17.6 Å². The highest BCUT2D eigenvalue weighted by Gasteiger charge is 2.24. The summed E-state index contributed by atoms with van der Waals surface area (Å²) in [7, 11) is 0. The Morgan fingerprint density at radius 1 is 1.17 bits per heavy atom. The Labute approximate surface area is 105 Å². The molecule has 0 heterocycles. The van der Waals surface area contributed by atoms with Crippen molar-refractivity contribution >= 4 is 5.78 Å². The molecule has 0 atom stereocenters. The van der Waals surface area contributed by atoms with Crippen LogP contribution in [0.3, 0.4) is 0 Å². The molecule has 98 valence electrons. The third-order valence-corrected chi connectivity index (χ3v) is 3.59. The van der Waals surface area contributed by atoms with Crippen molar-refractivity contribution in [2.45, 2.75) is 38.1 Å². The Kier molecular flexibility index (Phi) is 4.07. The molecule has 1 aliphatic carbocycles. The standard InChI is InChI=1S/C14H17F2NO/c15-12-6-1-9(7-13(12)16)8-14(18)10-2-4-11(17)5-3-10/h1,6-7,10-11H,2-5,8,17H2. The predicted octanol–water partition coefficient (Wildman–Crippen LogP) is 2.59. The van der Waals surface area contributed by atoms with Gasteiger partial charge in [0.2, 0.25) is 0 Å². The first kappa shape index (κ1) is 13.1. The smallest absolute Gasteiger partial charge is 0.159 e. The molecule has 0 unspecified atom stereocenters. The fraction of sp³-hybridized carbons (Fsp3) is 0.500. The molecule has 0 aromatic heterocycles. The van der Waals surface area contributed by atoms with E-state index < -0.39 is 11.6 Å². The average Bonchev–Trinajstić information content (AvgIpc) is 2.34. The zero-order chi connectivity index (χ0) is 13.1. The minimum Gasteiger partial charge on any atom is -0.328 e. The second kappa shape index (κ2) is 5.57. The number of halogens is 2. The number of hydrogen-bond donors (Lipinski definition) is 1. The highest BCUT2D eigenvalue weighted by molar-refractivity contribution is 5.83. The summed E-state index contributed by atoms with van der Waals surface area (Å²) in [6.07, 6.45) is 3.53. The van der Waals surface area contributed by atoms with Crippen LogP contribution in [-0.2, 0) is 11.2 Å². The fourth-order valence-electron chi connectivity index (χ4n) is 2.44. The molecule has 4 heteroatoms. The molecule has 0 radical (unpaired) electrons. The van der Waals surface area contributed by atoms with Crippen LogP contribution in [0.25, 0.3) is 0 Å². The van der Waals surface area contributed by atoms with Gasteiger partial charge in [0.1, 0.15) is 5.78 Å². The molecule has 1 fully saturated rings. The number of Topliss-reactive ketones (excluding diaryl/α,β-unsaturated/α-hetero) is 1. The Bertz CT molecular complexity index is 439. The lowest BCUT2D eigenvalue weighted by Gasteiger charge is -2.24. The van der Waals surface area contributed by atoms with Crippen molar-refractivity contribution in [2.75, 3.05) is 0 Å². The zero-order valence-electron chi connectivity index (χ0n) is 10.2. The van der Waals surface area contributed by atoms with Crippen molar-refractivity contribution in [3.63, 3.8) is 0 Å². The highest BCUT2D eigenvalue weighted by atomic mass is 19.2. The SMILES string of the molecule is NC1CCC(C(=O)Cc2ccc(F)c(F)c2)CC1. The summed E-state index contributed by atoms with van der Waals surface area (Å²) in [6, 6.07) is 3.83. The normalized spacial score (nSPS) is 23.9. The van der Waals surface area contributed by atoms with Crippen LogP contribution >= 0.6 is 0 Å². The summed E-state index contributed by atoms with van der Waals surface area (Å²) in [5.41, 5.74) is 6.32. The van der Waals surface area contributed by atoms with Gasteiger partial charge in [0.15, 0.2) is 11.6 Å². The number of benzene rings is 1. The number of rotatable bonds is 3. The van der Waals surface area contributed by atoms with Crippen LogP contribution in [0.4, 0.5) is 8.78 Å². The fourth-order valence-corrected chi connectivity index (χ4v) is 2.44. The molecule has 1 aliphatic rings. The molecule has 2 nitrogen and oxygen atoms in total. The maximum atomic E-state index is 13.0. The zero-order valence-corrected chi connectivity index (χ0v) is 10.2. The van der Waals surface area contributed by atoms with Gasteiger partial charge in [-0.2, -0.15) is 0 Å². The van der Waals surface area contributed by atoms with E-state index in [4.69, 9.17) is 5.73 Å². The quantitative estimate of drug-likeness (QED) is 0.899. The molecule has 2 N–H and O–H groups in total. The maximum absolute atomic E-state index is 13.0. The molecule has 0 bridgehead atoms. The van der Waals surface area contributed by atoms with Gasteiger partial charge < -0.3 is 5.73 Å². The molecular formula is C14H17F2NO. The van der Waals surface area contributed by atoms with Crippen molar-refractivity contribution in [3.05, 3.63) is 35.4 Å². The van der Waals surface area contributed by atoms with Crippen LogP contribution in [0.1, 0.15) is 31.2 Å². The lowest BCUT2D eigenvalue weighted by molar-refractivity contribution is -0.123. The number of ketones is 1. The summed E-state index contributed by atoms with van der Waals surface area (Å²) in [5, 5.41) is 0. The van der Waals surface area contributed by atoms with Crippen molar-refractivity contribution < 1.29 is 13.6 Å². The van der Waals surface area contributed by atoms with Gasteiger partial charge >= 0.3 is 0 Å². The Balaban J connectivity index is 1.96. The first-order valence-corrected chi connectivity index (χ1v) is 6.28. The van der Waals surface area contributed by atoms with E-state index in [1.54, 1.807) is 0 Å². The number of carbonyl (C=O) groups excluding carboxylic acids is 1. The molecule has 2 rings (SSSR count). The van der Waals surface area contributed by atoms with Gasteiger partial charge in [-0.15, -0.1) is 0 Å². The molecule has 0 amide bonds. The van der Waals surface area contributed by atoms with Crippen LogP contribution in [0.5, 0.6) is 0 Å². The lowest BCUT2D eigenvalue weighted by Crippen LogP contribution is -2.30. The molecule has 0 saturated heterocycles. The van der Waals surface area contributed by atoms with Crippen molar-refractivity contribution in [2.24, 2.45) is 11.7 Å². The molecule has 0 spiro atoms. The van der Waals surface area contributed by atoms with Crippen molar-refractivity contribution in [1.29, 1.82) is 0 Å². The molecule has 1 aromatic rings. The van der Waals surface area contributed by atoms with Crippen molar-refractivity contribution in [1.82, 2.24) is 0 Å². The highest BCUT2D eigenvalue weighted by Crippen LogP contribution is 2.25. The lowest BCUT2D eigenvalue weighted by atomic mass is 9.82. The van der Waals surface area contributed by atoms with E-state index in [-0.39, 0.29) is 24.2 Å². The Morgan fingerprint density at radius 3 is 2.44 bits per heavy atom. The van der Waals surface area contributed by atoms with Crippen LogP contribution in [0.2, 0.25) is 0 Å². The van der Waals surface area contributed by atoms with Gasteiger partial charge in [-0.25, -0.2) is 8.78 Å². The molecular weight excluding hydrogens is 236 g/mol. The van der Waals surface area contributed by atoms with Gasteiger partial charge in [0.05, 0.1) is 0 Å². The summed E-state index contributed by atoms with van der Waals surface area (Å²) in [5.74, 6) is -1.65. The summed E-state index contributed by atoms with van der Waals surface area (Å²) >= 11 is 0. The third kappa shape index (κ3) is 3.13. The molecule has 18 heavy (non-hydrogen) atoms. The maximum Gasteiger partial charge on any atom is 0.159 e.